The smallest absolute Gasteiger partial charge is 0.341 e. The first-order chi connectivity index (χ1) is 23.5. The number of thiophene rings is 1. The van der Waals surface area contributed by atoms with Gasteiger partial charge in [0.2, 0.25) is 5.91 Å². The van der Waals surface area contributed by atoms with E-state index in [1.807, 2.05) is 89.8 Å². The van der Waals surface area contributed by atoms with Crippen molar-refractivity contribution in [3.05, 3.63) is 125 Å². The van der Waals surface area contributed by atoms with Crippen molar-refractivity contribution in [3.63, 3.8) is 0 Å². The van der Waals surface area contributed by atoms with E-state index in [-0.39, 0.29) is 35.8 Å². The number of allylic oxidation sites excluding steroid dienone is 2. The highest BCUT2D eigenvalue weighted by atomic mass is 32.2. The highest BCUT2D eigenvalue weighted by molar-refractivity contribution is 8.00. The Bertz CT molecular complexity index is 1900. The lowest BCUT2D eigenvalue weighted by molar-refractivity contribution is -0.115. The zero-order valence-corrected chi connectivity index (χ0v) is 28.8. The zero-order chi connectivity index (χ0) is 33.0. The Morgan fingerprint density at radius 2 is 1.73 bits per heavy atom. The fourth-order valence-electron chi connectivity index (χ4n) is 6.34. The van der Waals surface area contributed by atoms with E-state index in [1.54, 1.807) is 18.7 Å². The van der Waals surface area contributed by atoms with Gasteiger partial charge in [0.05, 0.1) is 29.1 Å². The molecule has 0 saturated carbocycles. The molecule has 7 rings (SSSR count). The number of anilines is 3. The molecule has 3 unspecified atom stereocenters. The van der Waals surface area contributed by atoms with E-state index in [0.717, 1.165) is 57.2 Å². The summed E-state index contributed by atoms with van der Waals surface area (Å²) in [4.78, 5) is 46.0. The molecule has 0 bridgehead atoms. The van der Waals surface area contributed by atoms with E-state index in [4.69, 9.17) is 4.74 Å². The molecule has 7 nitrogen and oxygen atoms in total. The Labute approximate surface area is 292 Å². The summed E-state index contributed by atoms with van der Waals surface area (Å²) in [6.45, 7) is 2.06. The highest BCUT2D eigenvalue weighted by Crippen LogP contribution is 2.44. The van der Waals surface area contributed by atoms with Gasteiger partial charge in [0.15, 0.2) is 0 Å². The van der Waals surface area contributed by atoms with Gasteiger partial charge in [0.25, 0.3) is 0 Å². The molecule has 1 aliphatic heterocycles. The second-order valence-corrected chi connectivity index (χ2v) is 15.2. The van der Waals surface area contributed by atoms with Crippen LogP contribution in [0.2, 0.25) is 0 Å². The molecule has 3 amide bonds. The minimum absolute atomic E-state index is 0.110. The molecule has 3 aromatic carbocycles. The second-order valence-electron chi connectivity index (χ2n) is 11.7. The maximum absolute atomic E-state index is 14.1. The van der Waals surface area contributed by atoms with Gasteiger partial charge >= 0.3 is 12.0 Å². The third kappa shape index (κ3) is 6.70. The van der Waals surface area contributed by atoms with Crippen LogP contribution in [-0.4, -0.2) is 35.8 Å². The summed E-state index contributed by atoms with van der Waals surface area (Å²) in [6, 6.07) is 24.9. The summed E-state index contributed by atoms with van der Waals surface area (Å²) in [5.41, 5.74) is 3.85. The number of amides is 3. The first kappa shape index (κ1) is 32.3. The monoisotopic (exact) mass is 693 g/mol. The molecule has 2 heterocycles. The third-order valence-electron chi connectivity index (χ3n) is 8.53. The van der Waals surface area contributed by atoms with Gasteiger partial charge in [-0.2, -0.15) is 0 Å². The van der Waals surface area contributed by atoms with E-state index in [0.29, 0.717) is 16.3 Å². The Kier molecular flexibility index (Phi) is 9.74. The summed E-state index contributed by atoms with van der Waals surface area (Å²) in [5.74, 6) is -0.615. The molecule has 3 atom stereocenters. The average molecular weight is 694 g/mol. The molecular weight excluding hydrogens is 659 g/mol. The Hall–Kier alpha value is -4.25. The summed E-state index contributed by atoms with van der Waals surface area (Å²) >= 11 is 4.65. The number of nitrogens with zero attached hydrogens (tertiary/aromatic N) is 1. The minimum Gasteiger partial charge on any atom is -0.462 e. The van der Waals surface area contributed by atoms with Crippen LogP contribution in [0.15, 0.2) is 113 Å². The average Bonchev–Trinajstić information content (AvgIpc) is 3.48. The molecule has 4 aromatic rings. The van der Waals surface area contributed by atoms with E-state index >= 15 is 0 Å². The quantitative estimate of drug-likeness (QED) is 0.141. The van der Waals surface area contributed by atoms with E-state index in [2.05, 4.69) is 28.9 Å². The number of carbonyl (C=O) groups excluding carboxylic acids is 3. The van der Waals surface area contributed by atoms with Gasteiger partial charge in [-0.1, -0.05) is 72.8 Å². The van der Waals surface area contributed by atoms with Gasteiger partial charge in [0, 0.05) is 20.4 Å². The highest BCUT2D eigenvalue weighted by Gasteiger charge is 2.37. The number of rotatable bonds is 8. The van der Waals surface area contributed by atoms with Crippen LogP contribution < -0.4 is 15.5 Å². The van der Waals surface area contributed by atoms with Crippen molar-refractivity contribution in [2.45, 2.75) is 58.9 Å². The van der Waals surface area contributed by atoms with Gasteiger partial charge in [-0.3, -0.25) is 9.69 Å². The Balaban J connectivity index is 1.14. The van der Waals surface area contributed by atoms with Crippen LogP contribution in [0.4, 0.5) is 21.2 Å². The molecule has 244 valence electrons. The topological polar surface area (TPSA) is 87.7 Å². The summed E-state index contributed by atoms with van der Waals surface area (Å²) in [5, 5.41) is 6.31. The van der Waals surface area contributed by atoms with Crippen molar-refractivity contribution in [3.8, 4) is 0 Å². The van der Waals surface area contributed by atoms with Gasteiger partial charge in [-0.25, -0.2) is 9.59 Å². The molecule has 48 heavy (non-hydrogen) atoms. The number of aryl methyl sites for hydroxylation is 1. The van der Waals surface area contributed by atoms with Crippen molar-refractivity contribution in [2.24, 2.45) is 0 Å². The van der Waals surface area contributed by atoms with Crippen LogP contribution in [0.1, 0.15) is 51.4 Å². The molecule has 2 aliphatic carbocycles. The molecule has 10 heteroatoms. The van der Waals surface area contributed by atoms with Crippen molar-refractivity contribution < 1.29 is 19.1 Å². The first-order valence-electron chi connectivity index (χ1n) is 16.1. The van der Waals surface area contributed by atoms with Gasteiger partial charge in [-0.15, -0.1) is 34.9 Å². The van der Waals surface area contributed by atoms with E-state index in [1.165, 1.54) is 23.1 Å². The summed E-state index contributed by atoms with van der Waals surface area (Å²) in [6.07, 6.45) is 12.0. The van der Waals surface area contributed by atoms with E-state index < -0.39 is 5.25 Å². The molecule has 0 saturated heterocycles. The zero-order valence-electron chi connectivity index (χ0n) is 26.4. The molecule has 0 spiro atoms. The SMILES string of the molecule is CCOC(=O)c1c(NC(=O)C(Sc2cccc(NC(=O)N3c4ccccc4SC4C=CC=CC43)c2)c2ccccc2)sc2c1CCCC2. The maximum Gasteiger partial charge on any atom is 0.341 e. The number of nitrogens with one attached hydrogen (secondary N) is 2. The summed E-state index contributed by atoms with van der Waals surface area (Å²) in [7, 11) is 0. The number of esters is 1. The number of urea groups is 1. The molecule has 3 aliphatic rings. The number of ether oxygens (including phenoxy) is 1. The number of para-hydroxylation sites is 1. The van der Waals surface area contributed by atoms with Crippen LogP contribution in [0.25, 0.3) is 0 Å². The minimum atomic E-state index is -0.614. The van der Waals surface area contributed by atoms with Crippen LogP contribution >= 0.6 is 34.9 Å². The number of hydrogen-bond donors (Lipinski definition) is 2. The third-order valence-corrected chi connectivity index (χ3v) is 12.3. The lowest BCUT2D eigenvalue weighted by Crippen LogP contribution is -2.49. The fourth-order valence-corrected chi connectivity index (χ4v) is 9.97. The normalized spacial score (nSPS) is 18.2. The molecular formula is C38H35N3O4S3. The predicted octanol–water partition coefficient (Wildman–Crippen LogP) is 9.28. The lowest BCUT2D eigenvalue weighted by Gasteiger charge is -2.40. The van der Waals surface area contributed by atoms with Gasteiger partial charge in [0.1, 0.15) is 10.3 Å². The second kappa shape index (κ2) is 14.5. The van der Waals surface area contributed by atoms with Gasteiger partial charge < -0.3 is 15.4 Å². The van der Waals surface area contributed by atoms with E-state index in [9.17, 15) is 14.4 Å². The number of fused-ring (bicyclic) bond motifs is 3. The van der Waals surface area contributed by atoms with Crippen molar-refractivity contribution in [1.82, 2.24) is 0 Å². The van der Waals surface area contributed by atoms with Crippen LogP contribution in [0, 0.1) is 0 Å². The maximum atomic E-state index is 14.1. The number of thioether (sulfide) groups is 2. The lowest BCUT2D eigenvalue weighted by atomic mass is 9.95. The van der Waals surface area contributed by atoms with Crippen molar-refractivity contribution >= 4 is 69.1 Å². The summed E-state index contributed by atoms with van der Waals surface area (Å²) < 4.78 is 5.42. The Morgan fingerprint density at radius 3 is 2.58 bits per heavy atom. The molecule has 0 radical (unpaired) electrons. The fraction of sp³-hybridized carbons (Fsp3) is 0.237. The molecule has 0 fully saturated rings. The standard InChI is InChI=1S/C38H35N3O4S3/c1-2-45-37(43)33-27-17-6-9-20-30(27)48-36(33)40-35(42)34(24-13-4-3-5-14-24)46-26-16-12-15-25(23-26)39-38(44)41-28-18-7-10-21-31(28)47-32-22-11-8-19-29(32)41/h3-5,7-8,10-16,18-19,21-23,28,31,34H,2,6,9,17,20H2,1H3,(H,39,44)(H,40,42). The van der Waals surface area contributed by atoms with Crippen molar-refractivity contribution in [1.29, 1.82) is 0 Å². The first-order valence-corrected chi connectivity index (χ1v) is 18.7. The van der Waals surface area contributed by atoms with Crippen molar-refractivity contribution in [2.75, 3.05) is 22.1 Å². The number of hydrogen-bond acceptors (Lipinski definition) is 7. The number of benzene rings is 3. The predicted molar refractivity (Wildman–Crippen MR) is 197 cm³/mol. The van der Waals surface area contributed by atoms with Gasteiger partial charge in [-0.05, 0) is 74.1 Å². The van der Waals surface area contributed by atoms with Crippen LogP contribution in [-0.2, 0) is 22.4 Å². The Morgan fingerprint density at radius 1 is 0.938 bits per heavy atom. The number of carbonyl (C=O) groups is 3. The molecule has 2 N–H and O–H groups in total. The largest absolute Gasteiger partial charge is 0.462 e. The van der Waals surface area contributed by atoms with Crippen LogP contribution in [0.5, 0.6) is 0 Å². The molecule has 1 aromatic heterocycles. The van der Waals surface area contributed by atoms with Crippen LogP contribution in [0.3, 0.4) is 0 Å².